The van der Waals surface area contributed by atoms with E-state index in [4.69, 9.17) is 0 Å². The molecule has 0 heterocycles. The van der Waals surface area contributed by atoms with Crippen LogP contribution in [0.1, 0.15) is 0 Å². The Hall–Kier alpha value is -6.78. The van der Waals surface area contributed by atoms with Gasteiger partial charge in [-0.05, 0) is 144 Å². The van der Waals surface area contributed by atoms with Gasteiger partial charge >= 0.3 is 38.3 Å². The summed E-state index contributed by atoms with van der Waals surface area (Å²) in [4.78, 5) is -0.788. The Bertz CT molecular complexity index is 3980. The topological polar surface area (TPSA) is 229 Å². The maximum absolute atomic E-state index is 11.1. The van der Waals surface area contributed by atoms with Crippen molar-refractivity contribution in [2.75, 3.05) is 0 Å². The zero-order valence-electron chi connectivity index (χ0n) is 50.0. The third kappa shape index (κ3) is 21.1. The first-order valence-corrected chi connectivity index (χ1v) is 39.1. The second-order valence-corrected chi connectivity index (χ2v) is 34.2. The Morgan fingerprint density at radius 1 is 0.170 bits per heavy atom. The monoisotopic (exact) mass is 1470 g/mol. The minimum atomic E-state index is -4.42. The molecule has 12 rings (SSSR count). The predicted molar refractivity (Wildman–Crippen MR) is 372 cm³/mol. The quantitative estimate of drug-likeness (QED) is 0.0582. The van der Waals surface area contributed by atoms with Crippen LogP contribution in [0.15, 0.2) is 359 Å². The maximum Gasteiger partial charge on any atom is 3.00 e. The fourth-order valence-corrected chi connectivity index (χ4v) is 20.5. The largest absolute Gasteiger partial charge is 3.00 e. The molecule has 0 saturated heterocycles. The van der Waals surface area contributed by atoms with Crippen molar-refractivity contribution in [3.8, 4) is 0 Å². The zero-order valence-corrected chi connectivity index (χ0v) is 58.5. The summed E-state index contributed by atoms with van der Waals surface area (Å²) in [5.74, 6) is 0. The molecule has 22 heteroatoms. The first kappa shape index (κ1) is 74.6. The average Bonchev–Trinajstić information content (AvgIpc) is 0.905. The summed E-state index contributed by atoms with van der Waals surface area (Å²) in [5.41, 5.74) is 0. The molecule has 0 aliphatic rings. The van der Waals surface area contributed by atoms with E-state index >= 15 is 0 Å². The van der Waals surface area contributed by atoms with Gasteiger partial charge in [-0.15, -0.1) is 0 Å². The van der Waals surface area contributed by atoms with Gasteiger partial charge in [0.2, 0.25) is 0 Å². The molecular weight excluding hydrogens is 1420 g/mol. The Morgan fingerprint density at radius 2 is 0.266 bits per heavy atom. The molecule has 94 heavy (non-hydrogen) atoms. The molecule has 0 amide bonds. The van der Waals surface area contributed by atoms with Gasteiger partial charge in [-0.3, -0.25) is 0 Å². The third-order valence-electron chi connectivity index (χ3n) is 13.6. The first-order valence-electron chi connectivity index (χ1n) is 28.1. The SMILES string of the molecule is O=S(=O)([O-])c1ccc(P(c2ccccc2)c2ccccc2)cc1.O=S(=O)([O-])c1ccc(P(c2ccccc2)c2ccccc2)cc1.O=S(=O)([O-])c1ccc(P(c2ccccc2)c2ccccc2)cc1.O=S(=O)([O-])c1ccc(P(c2ccccc2)c2ccccc2)cc1.[Li+].[Rh+3]. The summed E-state index contributed by atoms with van der Waals surface area (Å²) in [6.45, 7) is 0. The van der Waals surface area contributed by atoms with Gasteiger partial charge < -0.3 is 18.2 Å². The molecule has 470 valence electrons. The van der Waals surface area contributed by atoms with Crippen LogP contribution in [0.4, 0.5) is 0 Å². The average molecular weight is 1480 g/mol. The molecule has 0 saturated carbocycles. The molecule has 12 aromatic rings. The van der Waals surface area contributed by atoms with Crippen molar-refractivity contribution in [1.29, 1.82) is 0 Å². The standard InChI is InChI=1S/4C18H15O3PS.Li.Rh/c4*19-23(20,21)18-13-11-17(12-14-18)22(15-7-3-1-4-8-15)16-9-5-2-6-10-16;;/h4*1-14H,(H,19,20,21);;/q;;;;+1;+3/p-4. The van der Waals surface area contributed by atoms with Crippen molar-refractivity contribution < 1.29 is 90.2 Å². The number of hydrogen-bond donors (Lipinski definition) is 0. The Kier molecular flexibility index (Phi) is 28.0. The number of rotatable bonds is 16. The van der Waals surface area contributed by atoms with E-state index in [9.17, 15) is 51.9 Å². The summed E-state index contributed by atoms with van der Waals surface area (Å²) >= 11 is 0. The van der Waals surface area contributed by atoms with Crippen molar-refractivity contribution in [3.05, 3.63) is 340 Å². The van der Waals surface area contributed by atoms with Gasteiger partial charge in [0.1, 0.15) is 40.5 Å². The second kappa shape index (κ2) is 35.3. The summed E-state index contributed by atoms with van der Waals surface area (Å²) in [7, 11) is -20.8. The molecule has 0 aliphatic carbocycles. The number of benzene rings is 12. The number of hydrogen-bond acceptors (Lipinski definition) is 12. The van der Waals surface area contributed by atoms with Crippen LogP contribution in [0.25, 0.3) is 0 Å². The van der Waals surface area contributed by atoms with E-state index in [1.54, 1.807) is 48.5 Å². The molecular formula is C72H56LiO12P4RhS4. The maximum atomic E-state index is 11.1. The molecule has 0 aromatic heterocycles. The first-order chi connectivity index (χ1) is 44.2. The van der Waals surface area contributed by atoms with Crippen molar-refractivity contribution >= 4 is 136 Å². The molecule has 0 unspecified atom stereocenters. The van der Waals surface area contributed by atoms with Crippen molar-refractivity contribution in [2.45, 2.75) is 19.6 Å². The predicted octanol–water partition coefficient (Wildman–Crippen LogP) is 6.40. The van der Waals surface area contributed by atoms with Gasteiger partial charge in [0.15, 0.2) is 0 Å². The van der Waals surface area contributed by atoms with Crippen LogP contribution >= 0.6 is 31.7 Å². The van der Waals surface area contributed by atoms with E-state index in [1.807, 2.05) is 146 Å². The van der Waals surface area contributed by atoms with Crippen LogP contribution < -0.4 is 82.5 Å². The van der Waals surface area contributed by atoms with Gasteiger partial charge in [-0.1, -0.05) is 291 Å². The van der Waals surface area contributed by atoms with Crippen molar-refractivity contribution in [2.24, 2.45) is 0 Å². The van der Waals surface area contributed by atoms with Gasteiger partial charge in [-0.25, -0.2) is 33.7 Å². The molecule has 0 spiro atoms. The third-order valence-corrected chi connectivity index (χ3v) is 26.8. The normalized spacial score (nSPS) is 11.3. The van der Waals surface area contributed by atoms with E-state index < -0.39 is 72.2 Å². The van der Waals surface area contributed by atoms with Crippen LogP contribution in [0.2, 0.25) is 0 Å². The minimum Gasteiger partial charge on any atom is -0.744 e. The second-order valence-electron chi connectivity index (χ2n) is 19.8. The van der Waals surface area contributed by atoms with Crippen LogP contribution in [0.5, 0.6) is 0 Å². The molecule has 0 aliphatic heterocycles. The van der Waals surface area contributed by atoms with Gasteiger partial charge in [0.25, 0.3) is 0 Å². The summed E-state index contributed by atoms with van der Waals surface area (Å²) in [6, 6.07) is 106. The molecule has 12 nitrogen and oxygen atoms in total. The summed E-state index contributed by atoms with van der Waals surface area (Å²) in [5, 5.41) is 13.4. The van der Waals surface area contributed by atoms with E-state index in [0.717, 1.165) is 21.2 Å². The van der Waals surface area contributed by atoms with Crippen LogP contribution in [-0.4, -0.2) is 51.9 Å². The van der Waals surface area contributed by atoms with Gasteiger partial charge in [-0.2, -0.15) is 0 Å². The molecule has 0 bridgehead atoms. The van der Waals surface area contributed by atoms with E-state index in [2.05, 4.69) is 97.1 Å². The van der Waals surface area contributed by atoms with E-state index in [1.165, 1.54) is 91.0 Å². The summed E-state index contributed by atoms with van der Waals surface area (Å²) in [6.07, 6.45) is 0. The van der Waals surface area contributed by atoms with Crippen molar-refractivity contribution in [1.82, 2.24) is 0 Å². The van der Waals surface area contributed by atoms with E-state index in [-0.39, 0.29) is 57.9 Å². The van der Waals surface area contributed by atoms with Crippen LogP contribution in [-0.2, 0) is 60.0 Å². The molecule has 0 atom stereocenters. The van der Waals surface area contributed by atoms with Gasteiger partial charge in [0, 0.05) is 0 Å². The van der Waals surface area contributed by atoms with Crippen LogP contribution in [0, 0.1) is 0 Å². The Balaban J connectivity index is 0.000000176. The molecule has 12 aromatic carbocycles. The zero-order chi connectivity index (χ0) is 65.1. The Labute approximate surface area is 580 Å². The van der Waals surface area contributed by atoms with Crippen LogP contribution in [0.3, 0.4) is 0 Å². The smallest absolute Gasteiger partial charge is 0.744 e. The Morgan fingerprint density at radius 3 is 0.362 bits per heavy atom. The van der Waals surface area contributed by atoms with Crippen molar-refractivity contribution in [3.63, 3.8) is 0 Å². The fourth-order valence-electron chi connectivity index (χ4n) is 9.45. The molecule has 0 N–H and O–H groups in total. The molecule has 0 radical (unpaired) electrons. The molecule has 0 fully saturated rings. The minimum absolute atomic E-state index is 0. The fraction of sp³-hybridized carbons (Fsp3) is 0. The van der Waals surface area contributed by atoms with E-state index in [0.29, 0.717) is 0 Å². The summed E-state index contributed by atoms with van der Waals surface area (Å²) < 4.78 is 133. The van der Waals surface area contributed by atoms with Gasteiger partial charge in [0.05, 0.1) is 19.6 Å².